The molecule has 6 heteroatoms. The Morgan fingerprint density at radius 1 is 0.160 bits per heavy atom. The molecule has 0 atom stereocenters. The smallest absolute Gasteiger partial charge is 0.160 e. The molecular formula is C100H62N4O2. The molecule has 106 heavy (non-hydrogen) atoms. The summed E-state index contributed by atoms with van der Waals surface area (Å²) in [6.07, 6.45) is 0. The van der Waals surface area contributed by atoms with Crippen molar-refractivity contribution < 1.29 is 9.47 Å². The van der Waals surface area contributed by atoms with Crippen LogP contribution in [-0.2, 0) is 10.8 Å². The third kappa shape index (κ3) is 9.65. The highest BCUT2D eigenvalue weighted by atomic mass is 16.5. The highest BCUT2D eigenvalue weighted by Gasteiger charge is 2.53. The lowest BCUT2D eigenvalue weighted by Gasteiger charge is -2.39. The maximum Gasteiger partial charge on any atom is 0.160 e. The number of hydrogen-bond acceptors (Lipinski definition) is 6. The van der Waals surface area contributed by atoms with E-state index in [1.807, 2.05) is 30.3 Å². The first-order valence-electron chi connectivity index (χ1n) is 36.1. The molecule has 2 aliphatic carbocycles. The minimum atomic E-state index is -0.646. The van der Waals surface area contributed by atoms with E-state index in [0.29, 0.717) is 11.6 Å². The molecule has 0 fully saturated rings. The van der Waals surface area contributed by atoms with Gasteiger partial charge in [0.15, 0.2) is 11.6 Å². The topological polar surface area (TPSA) is 70.0 Å². The molecule has 17 aromatic rings. The van der Waals surface area contributed by atoms with E-state index in [-0.39, 0.29) is 0 Å². The molecule has 15 aromatic carbocycles. The van der Waals surface area contributed by atoms with E-state index in [0.717, 1.165) is 140 Å². The molecule has 0 amide bonds. The van der Waals surface area contributed by atoms with Crippen molar-refractivity contribution in [3.05, 3.63) is 421 Å². The van der Waals surface area contributed by atoms with Crippen LogP contribution in [0.4, 0.5) is 0 Å². The van der Waals surface area contributed by atoms with Gasteiger partial charge in [-0.25, -0.2) is 19.9 Å². The van der Waals surface area contributed by atoms with E-state index in [9.17, 15) is 0 Å². The third-order valence-electron chi connectivity index (χ3n) is 22.1. The Morgan fingerprint density at radius 3 is 0.755 bits per heavy atom. The van der Waals surface area contributed by atoms with E-state index < -0.39 is 10.8 Å². The fraction of sp³-hybridized carbons (Fsp3) is 0.0200. The summed E-state index contributed by atoms with van der Waals surface area (Å²) >= 11 is 0. The van der Waals surface area contributed by atoms with E-state index in [1.165, 1.54) is 50.1 Å². The lowest BCUT2D eigenvalue weighted by Crippen LogP contribution is -2.32. The summed E-state index contributed by atoms with van der Waals surface area (Å²) in [5.41, 5.74) is 31.3. The highest BCUT2D eigenvalue weighted by molar-refractivity contribution is 5.92. The van der Waals surface area contributed by atoms with Gasteiger partial charge in [-0.2, -0.15) is 0 Å². The Labute approximate surface area is 614 Å². The van der Waals surface area contributed by atoms with Crippen molar-refractivity contribution in [1.29, 1.82) is 0 Å². The molecule has 494 valence electrons. The molecule has 6 nitrogen and oxygen atoms in total. The van der Waals surface area contributed by atoms with Crippen LogP contribution in [0.2, 0.25) is 0 Å². The minimum absolute atomic E-state index is 0.517. The van der Waals surface area contributed by atoms with Crippen LogP contribution in [-0.4, -0.2) is 19.9 Å². The zero-order valence-corrected chi connectivity index (χ0v) is 57.4. The monoisotopic (exact) mass is 1350 g/mol. The number of benzene rings is 15. The minimum Gasteiger partial charge on any atom is -0.457 e. The Hall–Kier alpha value is -13.9. The average molecular weight is 1350 g/mol. The zero-order chi connectivity index (χ0) is 69.9. The van der Waals surface area contributed by atoms with Gasteiger partial charge in [0, 0.05) is 55.6 Å². The summed E-state index contributed by atoms with van der Waals surface area (Å²) in [4.78, 5) is 21.0. The normalized spacial score (nSPS) is 13.2. The summed E-state index contributed by atoms with van der Waals surface area (Å²) in [5.74, 6) is 4.67. The Balaban J connectivity index is 0.605. The second-order valence-electron chi connectivity index (χ2n) is 27.8. The van der Waals surface area contributed by atoms with Gasteiger partial charge in [-0.3, -0.25) is 0 Å². The summed E-state index contributed by atoms with van der Waals surface area (Å²) in [7, 11) is 0. The highest BCUT2D eigenvalue weighted by Crippen LogP contribution is 2.64. The van der Waals surface area contributed by atoms with E-state index in [2.05, 4.69) is 346 Å². The summed E-state index contributed by atoms with van der Waals surface area (Å²) in [5, 5.41) is 0. The number of para-hydroxylation sites is 1. The van der Waals surface area contributed by atoms with Gasteiger partial charge in [-0.05, 0) is 125 Å². The van der Waals surface area contributed by atoms with Gasteiger partial charge in [0.1, 0.15) is 23.0 Å². The molecule has 2 aliphatic heterocycles. The molecular weight excluding hydrogens is 1290 g/mol. The first-order valence-corrected chi connectivity index (χ1v) is 36.1. The molecule has 0 radical (unpaired) electrons. The number of nitrogens with zero attached hydrogens (tertiary/aromatic N) is 4. The number of ether oxygens (including phenoxy) is 2. The van der Waals surface area contributed by atoms with Crippen LogP contribution in [0.1, 0.15) is 44.5 Å². The van der Waals surface area contributed by atoms with Crippen molar-refractivity contribution >= 4 is 0 Å². The van der Waals surface area contributed by atoms with Gasteiger partial charge in [0.05, 0.1) is 33.6 Å². The van der Waals surface area contributed by atoms with Crippen molar-refractivity contribution in [2.24, 2.45) is 0 Å². The van der Waals surface area contributed by atoms with Gasteiger partial charge < -0.3 is 9.47 Å². The molecule has 0 unspecified atom stereocenters. The Bertz CT molecular complexity index is 6260. The molecule has 2 spiro atoms. The third-order valence-corrected chi connectivity index (χ3v) is 22.1. The van der Waals surface area contributed by atoms with Crippen molar-refractivity contribution in [1.82, 2.24) is 19.9 Å². The lowest BCUT2D eigenvalue weighted by atomic mass is 9.65. The van der Waals surface area contributed by atoms with Crippen molar-refractivity contribution in [2.75, 3.05) is 0 Å². The first-order chi connectivity index (χ1) is 52.5. The van der Waals surface area contributed by atoms with E-state index in [1.54, 1.807) is 0 Å². The van der Waals surface area contributed by atoms with Gasteiger partial charge in [-0.15, -0.1) is 0 Å². The number of aromatic nitrogens is 4. The predicted molar refractivity (Wildman–Crippen MR) is 427 cm³/mol. The van der Waals surface area contributed by atoms with Crippen LogP contribution in [0.25, 0.3) is 135 Å². The summed E-state index contributed by atoms with van der Waals surface area (Å²) in [6, 6.07) is 134. The van der Waals surface area contributed by atoms with Crippen LogP contribution in [0.15, 0.2) is 376 Å². The maximum absolute atomic E-state index is 7.32. The standard InChI is InChI=1S/C100H62N4O2/c1-4-20-63(21-5-1)64-36-44-69(45-37-64)91-62-92(103-97(102-91)72-24-8-3-9-25-72)71-48-40-66(41-49-71)75-53-56-87-95(59-75)106-96-60-76(54-57-88(96)100(87)83-32-16-12-28-79(83)80-29-13-17-33-84(80)100)67-42-50-73(51-43-67)98-101-89(68-22-6-2-7-23-68)61-90(104-98)70-46-38-65(39-47-70)74-52-55-86-94(58-74)105-93-35-19-18-34-85(93)99(86)81-30-14-10-26-77(81)78-27-11-15-31-82(78)99/h1-62H. The van der Waals surface area contributed by atoms with Gasteiger partial charge in [-0.1, -0.05) is 340 Å². The SMILES string of the molecule is c1ccc(-c2ccc(-c3cc(-c4ccc(-c5ccc6c(c5)Oc5cc(-c7ccc(-c8nc(-c9ccccc9)cc(-c9ccc(-c%10ccc%11c(c%10)Oc%10ccccc%10C%11%10c%11ccccc%11-c%11ccccc%11%10)cc9)n8)cc7)ccc5C65c6ccccc6-c6ccccc65)cc4)nc(-c4ccccc4)n3)cc2)cc1. The molecule has 4 aliphatic rings. The van der Waals surface area contributed by atoms with Gasteiger partial charge in [0.2, 0.25) is 0 Å². The fourth-order valence-corrected chi connectivity index (χ4v) is 17.2. The molecule has 0 N–H and O–H groups in total. The van der Waals surface area contributed by atoms with Crippen molar-refractivity contribution in [3.63, 3.8) is 0 Å². The molecule has 4 heterocycles. The van der Waals surface area contributed by atoms with E-state index in [4.69, 9.17) is 29.4 Å². The first kappa shape index (κ1) is 60.8. The van der Waals surface area contributed by atoms with Crippen molar-refractivity contribution in [2.45, 2.75) is 10.8 Å². The number of hydrogen-bond donors (Lipinski definition) is 0. The molecule has 0 saturated heterocycles. The zero-order valence-electron chi connectivity index (χ0n) is 57.4. The Kier molecular flexibility index (Phi) is 14.0. The van der Waals surface area contributed by atoms with Crippen LogP contribution in [0, 0.1) is 0 Å². The second-order valence-corrected chi connectivity index (χ2v) is 27.8. The number of fused-ring (bicyclic) bond motifs is 18. The Morgan fingerprint density at radius 2 is 0.387 bits per heavy atom. The van der Waals surface area contributed by atoms with Crippen LogP contribution >= 0.6 is 0 Å². The average Bonchev–Trinajstić information content (AvgIpc) is 1.49. The molecule has 2 aromatic heterocycles. The summed E-state index contributed by atoms with van der Waals surface area (Å²) in [6.45, 7) is 0. The fourth-order valence-electron chi connectivity index (χ4n) is 17.2. The van der Waals surface area contributed by atoms with Crippen molar-refractivity contribution in [3.8, 4) is 158 Å². The van der Waals surface area contributed by atoms with Gasteiger partial charge >= 0.3 is 0 Å². The second kappa shape index (κ2) is 24.4. The van der Waals surface area contributed by atoms with Crippen LogP contribution in [0.5, 0.6) is 23.0 Å². The maximum atomic E-state index is 7.32. The van der Waals surface area contributed by atoms with Gasteiger partial charge in [0.25, 0.3) is 0 Å². The van der Waals surface area contributed by atoms with E-state index >= 15 is 0 Å². The van der Waals surface area contributed by atoms with Crippen LogP contribution < -0.4 is 9.47 Å². The lowest BCUT2D eigenvalue weighted by molar-refractivity contribution is 0.436. The largest absolute Gasteiger partial charge is 0.457 e. The number of rotatable bonds is 10. The quantitative estimate of drug-likeness (QED) is 0.136. The molecule has 0 saturated carbocycles. The summed E-state index contributed by atoms with van der Waals surface area (Å²) < 4.78 is 14.2. The molecule has 0 bridgehead atoms. The molecule has 21 rings (SSSR count). The predicted octanol–water partition coefficient (Wildman–Crippen LogP) is 24.9. The van der Waals surface area contributed by atoms with Crippen LogP contribution in [0.3, 0.4) is 0 Å².